The fourth-order valence-electron chi connectivity index (χ4n) is 1.97. The molecule has 3 rings (SSSR count). The van der Waals surface area contributed by atoms with Crippen molar-refractivity contribution in [1.82, 2.24) is 0 Å². The number of anilines is 2. The largest absolute Gasteiger partial charge is 0.386 e. The maximum atomic E-state index is 11.5. The fourth-order valence-corrected chi connectivity index (χ4v) is 1.97. The zero-order valence-corrected chi connectivity index (χ0v) is 10.3. The molecule has 0 aliphatic carbocycles. The van der Waals surface area contributed by atoms with Gasteiger partial charge in [-0.2, -0.15) is 0 Å². The van der Waals surface area contributed by atoms with Gasteiger partial charge in [0, 0.05) is 11.4 Å². The predicted octanol–water partition coefficient (Wildman–Crippen LogP) is 3.05. The van der Waals surface area contributed by atoms with Gasteiger partial charge >= 0.3 is 11.9 Å². The summed E-state index contributed by atoms with van der Waals surface area (Å²) in [5.74, 6) is -1.17. The number of esters is 2. The number of nitrogens with one attached hydrogen (secondary N) is 1. The molecule has 0 radical (unpaired) electrons. The van der Waals surface area contributed by atoms with Gasteiger partial charge in [0.1, 0.15) is 0 Å². The van der Waals surface area contributed by atoms with Crippen molar-refractivity contribution in [3.05, 3.63) is 59.2 Å². The van der Waals surface area contributed by atoms with E-state index in [2.05, 4.69) is 10.1 Å². The van der Waals surface area contributed by atoms with Crippen LogP contribution in [0.2, 0.25) is 0 Å². The Balaban J connectivity index is 1.91. The Kier molecular flexibility index (Phi) is 2.56. The van der Waals surface area contributed by atoms with Crippen molar-refractivity contribution in [2.75, 3.05) is 5.32 Å². The van der Waals surface area contributed by atoms with Crippen molar-refractivity contribution in [3.63, 3.8) is 0 Å². The highest BCUT2D eigenvalue weighted by atomic mass is 16.6. The van der Waals surface area contributed by atoms with Crippen LogP contribution in [0.1, 0.15) is 26.3 Å². The van der Waals surface area contributed by atoms with E-state index < -0.39 is 11.9 Å². The number of hydrogen-bond donors (Lipinski definition) is 1. The molecule has 0 atom stereocenters. The van der Waals surface area contributed by atoms with Gasteiger partial charge in [-0.3, -0.25) is 0 Å². The van der Waals surface area contributed by atoms with Gasteiger partial charge < -0.3 is 10.1 Å². The van der Waals surface area contributed by atoms with Crippen LogP contribution in [0.15, 0.2) is 42.5 Å². The summed E-state index contributed by atoms with van der Waals surface area (Å²) in [7, 11) is 0. The van der Waals surface area contributed by atoms with E-state index in [4.69, 9.17) is 0 Å². The average Bonchev–Trinajstić information content (AvgIpc) is 2.68. The van der Waals surface area contributed by atoms with Crippen molar-refractivity contribution < 1.29 is 14.3 Å². The number of carbonyl (C=O) groups excluding carboxylic acids is 2. The van der Waals surface area contributed by atoms with E-state index in [1.807, 2.05) is 31.2 Å². The third-order valence-corrected chi connectivity index (χ3v) is 2.99. The minimum absolute atomic E-state index is 0.308. The number of fused-ring (bicyclic) bond motifs is 1. The standard InChI is InChI=1S/C15H11NO3/c1-9-2-4-10(5-3-9)16-11-6-7-12-13(8-11)15(18)19-14(12)17/h2-8,16H,1H3. The van der Waals surface area contributed by atoms with Crippen LogP contribution in [0, 0.1) is 6.92 Å². The van der Waals surface area contributed by atoms with Crippen LogP contribution in [0.25, 0.3) is 0 Å². The van der Waals surface area contributed by atoms with Crippen LogP contribution < -0.4 is 5.32 Å². The van der Waals surface area contributed by atoms with E-state index >= 15 is 0 Å². The lowest BCUT2D eigenvalue weighted by atomic mass is 10.1. The monoisotopic (exact) mass is 253 g/mol. The van der Waals surface area contributed by atoms with Gasteiger partial charge in [0.25, 0.3) is 0 Å². The van der Waals surface area contributed by atoms with Crippen molar-refractivity contribution in [3.8, 4) is 0 Å². The summed E-state index contributed by atoms with van der Waals surface area (Å²) in [5.41, 5.74) is 3.47. The molecule has 2 aromatic carbocycles. The third-order valence-electron chi connectivity index (χ3n) is 2.99. The molecule has 1 aliphatic rings. The van der Waals surface area contributed by atoms with Gasteiger partial charge in [0.15, 0.2) is 0 Å². The van der Waals surface area contributed by atoms with Crippen LogP contribution in [0.5, 0.6) is 0 Å². The number of cyclic esters (lactones) is 2. The molecule has 1 N–H and O–H groups in total. The van der Waals surface area contributed by atoms with E-state index in [0.29, 0.717) is 11.1 Å². The van der Waals surface area contributed by atoms with Gasteiger partial charge in [-0.15, -0.1) is 0 Å². The van der Waals surface area contributed by atoms with Crippen LogP contribution in [-0.2, 0) is 4.74 Å². The lowest BCUT2D eigenvalue weighted by molar-refractivity contribution is 0.0444. The maximum Gasteiger partial charge on any atom is 0.346 e. The molecule has 2 aromatic rings. The Bertz CT molecular complexity index is 674. The molecule has 0 fully saturated rings. The molecule has 0 saturated heterocycles. The van der Waals surface area contributed by atoms with Crippen LogP contribution in [0.3, 0.4) is 0 Å². The van der Waals surface area contributed by atoms with Gasteiger partial charge in [0.05, 0.1) is 11.1 Å². The second-order valence-corrected chi connectivity index (χ2v) is 4.43. The molecule has 94 valence electrons. The van der Waals surface area contributed by atoms with Gasteiger partial charge in [0.2, 0.25) is 0 Å². The summed E-state index contributed by atoms with van der Waals surface area (Å²) in [6, 6.07) is 12.9. The minimum Gasteiger partial charge on any atom is -0.386 e. The van der Waals surface area contributed by atoms with Crippen molar-refractivity contribution in [2.24, 2.45) is 0 Å². The second-order valence-electron chi connectivity index (χ2n) is 4.43. The van der Waals surface area contributed by atoms with E-state index in [1.54, 1.807) is 18.2 Å². The first-order valence-electron chi connectivity index (χ1n) is 5.88. The number of ether oxygens (including phenoxy) is 1. The highest BCUT2D eigenvalue weighted by Gasteiger charge is 2.29. The molecule has 4 nitrogen and oxygen atoms in total. The average molecular weight is 253 g/mol. The highest BCUT2D eigenvalue weighted by Crippen LogP contribution is 2.25. The maximum absolute atomic E-state index is 11.5. The van der Waals surface area contributed by atoms with E-state index in [1.165, 1.54) is 5.56 Å². The Morgan fingerprint density at radius 2 is 1.47 bits per heavy atom. The zero-order chi connectivity index (χ0) is 13.4. The molecule has 19 heavy (non-hydrogen) atoms. The molecule has 0 aromatic heterocycles. The SMILES string of the molecule is Cc1ccc(Nc2ccc3c(c2)C(=O)OC3=O)cc1. The predicted molar refractivity (Wildman–Crippen MR) is 70.6 cm³/mol. The summed E-state index contributed by atoms with van der Waals surface area (Å²) in [4.78, 5) is 22.8. The van der Waals surface area contributed by atoms with E-state index in [-0.39, 0.29) is 0 Å². The van der Waals surface area contributed by atoms with Crippen LogP contribution in [-0.4, -0.2) is 11.9 Å². The van der Waals surface area contributed by atoms with Crippen molar-refractivity contribution in [2.45, 2.75) is 6.92 Å². The lowest BCUT2D eigenvalue weighted by Gasteiger charge is -2.07. The molecule has 1 heterocycles. The number of hydrogen-bond acceptors (Lipinski definition) is 4. The molecule has 0 amide bonds. The molecule has 0 unspecified atom stereocenters. The molecule has 4 heteroatoms. The second kappa shape index (κ2) is 4.24. The van der Waals surface area contributed by atoms with Crippen molar-refractivity contribution >= 4 is 23.3 Å². The topological polar surface area (TPSA) is 55.4 Å². The summed E-state index contributed by atoms with van der Waals surface area (Å²) in [6.45, 7) is 2.01. The van der Waals surface area contributed by atoms with E-state index in [0.717, 1.165) is 11.4 Å². The Morgan fingerprint density at radius 1 is 0.842 bits per heavy atom. The molecular weight excluding hydrogens is 242 g/mol. The van der Waals surface area contributed by atoms with Gasteiger partial charge in [-0.1, -0.05) is 17.7 Å². The zero-order valence-electron chi connectivity index (χ0n) is 10.3. The van der Waals surface area contributed by atoms with E-state index in [9.17, 15) is 9.59 Å². The summed E-state index contributed by atoms with van der Waals surface area (Å²) >= 11 is 0. The number of carbonyl (C=O) groups is 2. The first-order valence-corrected chi connectivity index (χ1v) is 5.88. The highest BCUT2D eigenvalue weighted by molar-refractivity contribution is 6.15. The molecule has 0 bridgehead atoms. The molecule has 0 saturated carbocycles. The Hall–Kier alpha value is -2.62. The number of rotatable bonds is 2. The van der Waals surface area contributed by atoms with Crippen molar-refractivity contribution in [1.29, 1.82) is 0 Å². The molecule has 0 spiro atoms. The van der Waals surface area contributed by atoms with Gasteiger partial charge in [-0.05, 0) is 37.3 Å². The molecular formula is C15H11NO3. The first-order chi connectivity index (χ1) is 9.13. The summed E-state index contributed by atoms with van der Waals surface area (Å²) < 4.78 is 4.55. The lowest BCUT2D eigenvalue weighted by Crippen LogP contribution is -1.97. The Labute approximate surface area is 110 Å². The van der Waals surface area contributed by atoms with Crippen LogP contribution >= 0.6 is 0 Å². The minimum atomic E-state index is -0.590. The Morgan fingerprint density at radius 3 is 2.21 bits per heavy atom. The first kappa shape index (κ1) is 11.5. The normalized spacial score (nSPS) is 13.1. The fraction of sp³-hybridized carbons (Fsp3) is 0.0667. The van der Waals surface area contributed by atoms with Gasteiger partial charge in [-0.25, -0.2) is 9.59 Å². The summed E-state index contributed by atoms with van der Waals surface area (Å²) in [6.07, 6.45) is 0. The quantitative estimate of drug-likeness (QED) is 0.660. The van der Waals surface area contributed by atoms with Crippen LogP contribution in [0.4, 0.5) is 11.4 Å². The third kappa shape index (κ3) is 2.08. The summed E-state index contributed by atoms with van der Waals surface area (Å²) in [5, 5.41) is 3.18. The number of aryl methyl sites for hydroxylation is 1. The molecule has 1 aliphatic heterocycles. The smallest absolute Gasteiger partial charge is 0.346 e. The number of benzene rings is 2.